The van der Waals surface area contributed by atoms with Crippen molar-refractivity contribution in [1.29, 1.82) is 0 Å². The van der Waals surface area contributed by atoms with Crippen LogP contribution in [0.4, 0.5) is 4.39 Å². The molecule has 1 aliphatic heterocycles. The molecule has 0 aromatic heterocycles. The van der Waals surface area contributed by atoms with Gasteiger partial charge < -0.3 is 14.6 Å². The second kappa shape index (κ2) is 11.7. The van der Waals surface area contributed by atoms with Gasteiger partial charge in [0.2, 0.25) is 8.32 Å². The summed E-state index contributed by atoms with van der Waals surface area (Å²) < 4.78 is 22.2. The van der Waals surface area contributed by atoms with Crippen molar-refractivity contribution in [1.82, 2.24) is 15.1 Å². The fourth-order valence-corrected chi connectivity index (χ4v) is 5.73. The van der Waals surface area contributed by atoms with Gasteiger partial charge in [-0.1, -0.05) is 32.9 Å². The first-order valence-electron chi connectivity index (χ1n) is 13.7. The van der Waals surface area contributed by atoms with Crippen LogP contribution in [0.25, 0.3) is 0 Å². The van der Waals surface area contributed by atoms with Gasteiger partial charge in [-0.25, -0.2) is 4.39 Å². The highest BCUT2D eigenvalue weighted by atomic mass is 28.4. The van der Waals surface area contributed by atoms with Gasteiger partial charge in [-0.2, -0.15) is 0 Å². The van der Waals surface area contributed by atoms with Gasteiger partial charge in [0.25, 0.3) is 5.91 Å². The molecular weight excluding hydrogens is 481 g/mol. The van der Waals surface area contributed by atoms with Crippen LogP contribution in [0.1, 0.15) is 76.0 Å². The van der Waals surface area contributed by atoms with E-state index in [9.17, 15) is 4.79 Å². The highest BCUT2D eigenvalue weighted by Crippen LogP contribution is 2.40. The molecule has 204 valence electrons. The summed E-state index contributed by atoms with van der Waals surface area (Å²) >= 11 is 0. The number of carbonyl (C=O) groups is 1. The zero-order chi connectivity index (χ0) is 27.5. The molecule has 2 aromatic rings. The lowest BCUT2D eigenvalue weighted by atomic mass is 9.92. The Morgan fingerprint density at radius 1 is 1.14 bits per heavy atom. The van der Waals surface area contributed by atoms with Crippen molar-refractivity contribution in [3.8, 4) is 5.75 Å². The molecule has 0 spiro atoms. The molecule has 7 heteroatoms. The smallest absolute Gasteiger partial charge is 0.253 e. The number of hydrogen-bond donors (Lipinski definition) is 1. The highest BCUT2D eigenvalue weighted by Gasteiger charge is 2.39. The number of nitrogens with one attached hydrogen (secondary N) is 1. The molecule has 1 heterocycles. The first-order valence-corrected chi connectivity index (χ1v) is 16.6. The zero-order valence-electron chi connectivity index (χ0n) is 24.2. The number of halogens is 1. The number of nitrogens with zero attached hydrogens (tertiary/aromatic N) is 2. The fraction of sp³-hybridized carbons (Fsp3) is 0.567. The lowest BCUT2D eigenvalue weighted by Gasteiger charge is -2.43. The van der Waals surface area contributed by atoms with Crippen LogP contribution in [0.2, 0.25) is 18.1 Å². The zero-order valence-corrected chi connectivity index (χ0v) is 25.2. The highest BCUT2D eigenvalue weighted by molar-refractivity contribution is 6.74. The van der Waals surface area contributed by atoms with E-state index >= 15 is 4.39 Å². The van der Waals surface area contributed by atoms with Crippen molar-refractivity contribution < 1.29 is 13.6 Å². The van der Waals surface area contributed by atoms with Gasteiger partial charge >= 0.3 is 0 Å². The van der Waals surface area contributed by atoms with E-state index in [1.165, 1.54) is 0 Å². The maximum Gasteiger partial charge on any atom is 0.253 e. The molecule has 1 N–H and O–H groups in total. The molecule has 3 unspecified atom stereocenters. The molecule has 0 bridgehead atoms. The summed E-state index contributed by atoms with van der Waals surface area (Å²) in [6, 6.07) is 13.1. The summed E-state index contributed by atoms with van der Waals surface area (Å²) in [6.07, 6.45) is 0. The van der Waals surface area contributed by atoms with E-state index in [4.69, 9.17) is 4.43 Å². The van der Waals surface area contributed by atoms with E-state index in [0.29, 0.717) is 24.2 Å². The third-order valence-corrected chi connectivity index (χ3v) is 12.5. The molecule has 1 fully saturated rings. The van der Waals surface area contributed by atoms with Crippen LogP contribution in [0, 0.1) is 5.82 Å². The number of piperazine rings is 1. The molecule has 0 saturated carbocycles. The Morgan fingerprint density at radius 2 is 1.76 bits per heavy atom. The molecule has 0 aliphatic carbocycles. The Labute approximate surface area is 224 Å². The Morgan fingerprint density at radius 3 is 2.32 bits per heavy atom. The molecule has 1 saturated heterocycles. The maximum absolute atomic E-state index is 15.6. The summed E-state index contributed by atoms with van der Waals surface area (Å²) in [5, 5.41) is 3.58. The van der Waals surface area contributed by atoms with Crippen LogP contribution in [0.3, 0.4) is 0 Å². The largest absolute Gasteiger partial charge is 0.543 e. The molecular formula is C30H46FN3O2Si. The van der Waals surface area contributed by atoms with Gasteiger partial charge in [0, 0.05) is 49.4 Å². The second-order valence-electron chi connectivity index (χ2n) is 11.9. The molecule has 1 aliphatic rings. The van der Waals surface area contributed by atoms with Crippen molar-refractivity contribution in [2.75, 3.05) is 26.2 Å². The third kappa shape index (κ3) is 6.62. The third-order valence-electron chi connectivity index (χ3n) is 8.11. The van der Waals surface area contributed by atoms with Crippen molar-refractivity contribution in [2.45, 2.75) is 84.7 Å². The molecule has 3 rings (SSSR count). The minimum absolute atomic E-state index is 0.0215. The van der Waals surface area contributed by atoms with E-state index in [1.807, 2.05) is 49.1 Å². The first-order chi connectivity index (χ1) is 17.3. The number of carbonyl (C=O) groups excluding carboxylic acids is 1. The Hall–Kier alpha value is -2.22. The van der Waals surface area contributed by atoms with E-state index < -0.39 is 8.32 Å². The summed E-state index contributed by atoms with van der Waals surface area (Å²) in [4.78, 5) is 17.1. The van der Waals surface area contributed by atoms with Crippen LogP contribution < -0.4 is 9.74 Å². The molecule has 5 nitrogen and oxygen atoms in total. The van der Waals surface area contributed by atoms with Gasteiger partial charge in [-0.3, -0.25) is 9.69 Å². The summed E-state index contributed by atoms with van der Waals surface area (Å²) in [6.45, 7) is 22.3. The van der Waals surface area contributed by atoms with Gasteiger partial charge in [0.1, 0.15) is 11.6 Å². The first kappa shape index (κ1) is 29.3. The van der Waals surface area contributed by atoms with Gasteiger partial charge in [-0.05, 0) is 81.7 Å². The van der Waals surface area contributed by atoms with Gasteiger partial charge in [0.05, 0.1) is 6.04 Å². The van der Waals surface area contributed by atoms with Crippen molar-refractivity contribution in [2.24, 2.45) is 0 Å². The van der Waals surface area contributed by atoms with Crippen LogP contribution in [-0.4, -0.2) is 62.3 Å². The van der Waals surface area contributed by atoms with E-state index in [0.717, 1.165) is 24.4 Å². The minimum atomic E-state index is -2.09. The van der Waals surface area contributed by atoms with Crippen molar-refractivity contribution in [3.05, 3.63) is 65.0 Å². The van der Waals surface area contributed by atoms with Crippen LogP contribution in [0.5, 0.6) is 5.75 Å². The monoisotopic (exact) mass is 527 g/mol. The van der Waals surface area contributed by atoms with Gasteiger partial charge in [0.15, 0.2) is 0 Å². The Bertz CT molecular complexity index is 1060. The van der Waals surface area contributed by atoms with Gasteiger partial charge in [-0.15, -0.1) is 0 Å². The normalized spacial score (nSPS) is 19.9. The topological polar surface area (TPSA) is 44.8 Å². The predicted octanol–water partition coefficient (Wildman–Crippen LogP) is 6.46. The number of amides is 1. The Kier molecular flexibility index (Phi) is 9.25. The quantitative estimate of drug-likeness (QED) is 0.400. The van der Waals surface area contributed by atoms with Crippen LogP contribution in [-0.2, 0) is 0 Å². The van der Waals surface area contributed by atoms with E-state index in [2.05, 4.69) is 57.9 Å². The Balaban J connectivity index is 2.07. The molecule has 2 aromatic carbocycles. The van der Waals surface area contributed by atoms with Crippen LogP contribution >= 0.6 is 0 Å². The van der Waals surface area contributed by atoms with Crippen LogP contribution in [0.15, 0.2) is 42.5 Å². The van der Waals surface area contributed by atoms with E-state index in [1.54, 1.807) is 12.1 Å². The van der Waals surface area contributed by atoms with Crippen molar-refractivity contribution in [3.63, 3.8) is 0 Å². The fourth-order valence-electron chi connectivity index (χ4n) is 4.70. The summed E-state index contributed by atoms with van der Waals surface area (Å²) in [5.41, 5.74) is 2.24. The summed E-state index contributed by atoms with van der Waals surface area (Å²) in [7, 11) is -2.09. The van der Waals surface area contributed by atoms with Crippen molar-refractivity contribution >= 4 is 14.2 Å². The molecule has 0 radical (unpaired) electrons. The lowest BCUT2D eigenvalue weighted by Crippen LogP contribution is -2.55. The average Bonchev–Trinajstić information content (AvgIpc) is 2.83. The average molecular weight is 528 g/mol. The lowest BCUT2D eigenvalue weighted by molar-refractivity contribution is 0.0773. The standard InChI is InChI=1S/C30H46FN3O2Si/c1-10-33(11-2)29(35)24-14-12-23(13-15-24)28(34-20-21(3)32-19-22(34)4)26-18-25(16-17-27(26)31)36-37(8,9)30(5,6)7/h12-18,21-22,28,32H,10-11,19-20H2,1-9H3. The molecule has 37 heavy (non-hydrogen) atoms. The number of hydrogen-bond acceptors (Lipinski definition) is 4. The van der Waals surface area contributed by atoms with E-state index in [-0.39, 0.29) is 34.9 Å². The minimum Gasteiger partial charge on any atom is -0.543 e. The second-order valence-corrected chi connectivity index (χ2v) is 16.6. The maximum atomic E-state index is 15.6. The number of benzene rings is 2. The predicted molar refractivity (Wildman–Crippen MR) is 153 cm³/mol. The number of rotatable bonds is 8. The summed E-state index contributed by atoms with van der Waals surface area (Å²) in [5.74, 6) is 0.500. The SMILES string of the molecule is CCN(CC)C(=O)c1ccc(C(c2cc(O[Si](C)(C)C(C)(C)C)ccc2F)N2CC(C)NCC2C)cc1. The molecule has 1 amide bonds. The molecule has 3 atom stereocenters.